The van der Waals surface area contributed by atoms with Gasteiger partial charge in [0.25, 0.3) is 0 Å². The molecular formula is C13H15N3O2S. The van der Waals surface area contributed by atoms with Crippen molar-refractivity contribution in [1.82, 2.24) is 14.9 Å². The lowest BCUT2D eigenvalue weighted by Gasteiger charge is -2.12. The van der Waals surface area contributed by atoms with Gasteiger partial charge in [0.2, 0.25) is 0 Å². The Morgan fingerprint density at radius 1 is 1.42 bits per heavy atom. The fourth-order valence-electron chi connectivity index (χ4n) is 1.64. The molecule has 2 aromatic rings. The zero-order chi connectivity index (χ0) is 13.7. The molecule has 0 saturated carbocycles. The van der Waals surface area contributed by atoms with Crippen molar-refractivity contribution in [1.29, 1.82) is 0 Å². The zero-order valence-electron chi connectivity index (χ0n) is 10.6. The van der Waals surface area contributed by atoms with Crippen molar-refractivity contribution in [2.45, 2.75) is 13.0 Å². The molecule has 19 heavy (non-hydrogen) atoms. The molecule has 0 aliphatic heterocycles. The van der Waals surface area contributed by atoms with Gasteiger partial charge in [0.15, 0.2) is 0 Å². The van der Waals surface area contributed by atoms with E-state index in [2.05, 4.69) is 9.97 Å². The Morgan fingerprint density at radius 2 is 2.16 bits per heavy atom. The molecule has 0 amide bonds. The van der Waals surface area contributed by atoms with E-state index in [-0.39, 0.29) is 6.42 Å². The zero-order valence-corrected chi connectivity index (χ0v) is 11.4. The average Bonchev–Trinajstić information content (AvgIpc) is 2.86. The van der Waals surface area contributed by atoms with Crippen LogP contribution in [0.15, 0.2) is 29.9 Å². The van der Waals surface area contributed by atoms with Crippen LogP contribution in [0.3, 0.4) is 0 Å². The third-order valence-electron chi connectivity index (χ3n) is 2.64. The van der Waals surface area contributed by atoms with Gasteiger partial charge in [0.1, 0.15) is 5.01 Å². The molecule has 6 heteroatoms. The summed E-state index contributed by atoms with van der Waals surface area (Å²) in [4.78, 5) is 21.0. The number of hydrogen-bond acceptors (Lipinski definition) is 5. The first-order valence-electron chi connectivity index (χ1n) is 5.90. The molecule has 2 heterocycles. The lowest BCUT2D eigenvalue weighted by molar-refractivity contribution is -0.137. The smallest absolute Gasteiger partial charge is 0.304 e. The molecule has 0 aliphatic rings. The summed E-state index contributed by atoms with van der Waals surface area (Å²) in [5.74, 6) is -0.775. The Morgan fingerprint density at radius 3 is 2.84 bits per heavy atom. The number of hydrogen-bond donors (Lipinski definition) is 1. The van der Waals surface area contributed by atoms with E-state index >= 15 is 0 Å². The summed E-state index contributed by atoms with van der Waals surface area (Å²) in [7, 11) is 1.90. The van der Waals surface area contributed by atoms with Gasteiger partial charge in [0.05, 0.1) is 18.7 Å². The Hall–Kier alpha value is -1.79. The van der Waals surface area contributed by atoms with E-state index < -0.39 is 5.97 Å². The number of carbonyl (C=O) groups is 1. The highest BCUT2D eigenvalue weighted by Crippen LogP contribution is 2.21. The van der Waals surface area contributed by atoms with Crippen LogP contribution in [0.2, 0.25) is 0 Å². The quantitative estimate of drug-likeness (QED) is 0.876. The summed E-state index contributed by atoms with van der Waals surface area (Å²) in [6.07, 6.45) is 3.64. The van der Waals surface area contributed by atoms with Gasteiger partial charge in [-0.25, -0.2) is 4.98 Å². The standard InChI is InChI=1S/C13H15N3O2S/c1-16(7-4-13(17)18)8-12-15-11(9-19-12)10-2-5-14-6-3-10/h2-3,5-6,9H,4,7-8H2,1H3,(H,17,18). The van der Waals surface area contributed by atoms with E-state index in [1.807, 2.05) is 29.5 Å². The number of aromatic nitrogens is 2. The van der Waals surface area contributed by atoms with Gasteiger partial charge in [-0.2, -0.15) is 0 Å². The maximum Gasteiger partial charge on any atom is 0.304 e. The van der Waals surface area contributed by atoms with Gasteiger partial charge in [0, 0.05) is 29.9 Å². The molecule has 0 bridgehead atoms. The second-order valence-electron chi connectivity index (χ2n) is 4.24. The highest BCUT2D eigenvalue weighted by atomic mass is 32.1. The van der Waals surface area contributed by atoms with E-state index in [0.29, 0.717) is 13.1 Å². The number of aliphatic carboxylic acids is 1. The SMILES string of the molecule is CN(CCC(=O)O)Cc1nc(-c2ccncc2)cs1. The van der Waals surface area contributed by atoms with Crippen molar-refractivity contribution in [3.63, 3.8) is 0 Å². The molecular weight excluding hydrogens is 262 g/mol. The number of rotatable bonds is 6. The molecule has 100 valence electrons. The van der Waals surface area contributed by atoms with Crippen molar-refractivity contribution in [3.05, 3.63) is 34.9 Å². The summed E-state index contributed by atoms with van der Waals surface area (Å²) in [5.41, 5.74) is 1.99. The molecule has 1 N–H and O–H groups in total. The first-order chi connectivity index (χ1) is 9.15. The number of carboxylic acid groups (broad SMARTS) is 1. The van der Waals surface area contributed by atoms with Gasteiger partial charge < -0.3 is 5.11 Å². The lowest BCUT2D eigenvalue weighted by Crippen LogP contribution is -2.21. The topological polar surface area (TPSA) is 66.3 Å². The predicted molar refractivity (Wildman–Crippen MR) is 73.9 cm³/mol. The van der Waals surface area contributed by atoms with Crippen molar-refractivity contribution in [2.75, 3.05) is 13.6 Å². The molecule has 0 aromatic carbocycles. The van der Waals surface area contributed by atoms with E-state index in [9.17, 15) is 4.79 Å². The number of nitrogens with zero attached hydrogens (tertiary/aromatic N) is 3. The Balaban J connectivity index is 1.96. The summed E-state index contributed by atoms with van der Waals surface area (Å²) in [5, 5.41) is 11.6. The second-order valence-corrected chi connectivity index (χ2v) is 5.19. The van der Waals surface area contributed by atoms with Crippen LogP contribution >= 0.6 is 11.3 Å². The van der Waals surface area contributed by atoms with Crippen LogP contribution < -0.4 is 0 Å². The van der Waals surface area contributed by atoms with E-state index in [0.717, 1.165) is 16.3 Å². The van der Waals surface area contributed by atoms with E-state index in [1.165, 1.54) is 0 Å². The summed E-state index contributed by atoms with van der Waals surface area (Å²) >= 11 is 1.59. The molecule has 0 fully saturated rings. The van der Waals surface area contributed by atoms with Crippen LogP contribution in [0.25, 0.3) is 11.3 Å². The minimum absolute atomic E-state index is 0.152. The van der Waals surface area contributed by atoms with Crippen LogP contribution in [0, 0.1) is 0 Å². The summed E-state index contributed by atoms with van der Waals surface area (Å²) < 4.78 is 0. The van der Waals surface area contributed by atoms with Crippen LogP contribution in [0.1, 0.15) is 11.4 Å². The van der Waals surface area contributed by atoms with Crippen molar-refractivity contribution >= 4 is 17.3 Å². The molecule has 0 radical (unpaired) electrons. The van der Waals surface area contributed by atoms with Gasteiger partial charge in [-0.05, 0) is 19.2 Å². The highest BCUT2D eigenvalue weighted by Gasteiger charge is 2.08. The third-order valence-corrected chi connectivity index (χ3v) is 3.47. The molecule has 0 aliphatic carbocycles. The van der Waals surface area contributed by atoms with Crippen LogP contribution in [-0.4, -0.2) is 39.5 Å². The Bertz CT molecular complexity index is 542. The fourth-order valence-corrected chi connectivity index (χ4v) is 2.52. The normalized spacial score (nSPS) is 10.8. The molecule has 0 saturated heterocycles. The lowest BCUT2D eigenvalue weighted by atomic mass is 10.2. The highest BCUT2D eigenvalue weighted by molar-refractivity contribution is 7.09. The van der Waals surface area contributed by atoms with Gasteiger partial charge in [-0.3, -0.25) is 14.7 Å². The first-order valence-corrected chi connectivity index (χ1v) is 6.78. The number of pyridine rings is 1. The summed E-state index contributed by atoms with van der Waals surface area (Å²) in [6, 6.07) is 3.85. The molecule has 2 rings (SSSR count). The molecule has 5 nitrogen and oxygen atoms in total. The Labute approximate surface area is 115 Å². The van der Waals surface area contributed by atoms with Crippen molar-refractivity contribution in [3.8, 4) is 11.3 Å². The number of thiazole rings is 1. The van der Waals surface area contributed by atoms with Gasteiger partial charge in [-0.1, -0.05) is 0 Å². The minimum atomic E-state index is -0.775. The molecule has 0 unspecified atom stereocenters. The van der Waals surface area contributed by atoms with Crippen LogP contribution in [0.4, 0.5) is 0 Å². The van der Waals surface area contributed by atoms with E-state index in [4.69, 9.17) is 5.11 Å². The van der Waals surface area contributed by atoms with Crippen LogP contribution in [-0.2, 0) is 11.3 Å². The molecule has 0 atom stereocenters. The monoisotopic (exact) mass is 277 g/mol. The van der Waals surface area contributed by atoms with E-state index in [1.54, 1.807) is 23.7 Å². The minimum Gasteiger partial charge on any atom is -0.481 e. The van der Waals surface area contributed by atoms with Gasteiger partial charge in [-0.15, -0.1) is 11.3 Å². The average molecular weight is 277 g/mol. The van der Waals surface area contributed by atoms with Crippen LogP contribution in [0.5, 0.6) is 0 Å². The largest absolute Gasteiger partial charge is 0.481 e. The van der Waals surface area contributed by atoms with Crippen molar-refractivity contribution in [2.24, 2.45) is 0 Å². The van der Waals surface area contributed by atoms with Crippen molar-refractivity contribution < 1.29 is 9.90 Å². The maximum absolute atomic E-state index is 10.5. The molecule has 2 aromatic heterocycles. The second kappa shape index (κ2) is 6.40. The third kappa shape index (κ3) is 4.11. The summed E-state index contributed by atoms with van der Waals surface area (Å²) in [6.45, 7) is 1.20. The van der Waals surface area contributed by atoms with Gasteiger partial charge >= 0.3 is 5.97 Å². The maximum atomic E-state index is 10.5. The predicted octanol–water partition coefficient (Wildman–Crippen LogP) is 2.11. The fraction of sp³-hybridized carbons (Fsp3) is 0.308. The molecule has 0 spiro atoms. The first kappa shape index (κ1) is 13.6. The Kier molecular flexibility index (Phi) is 4.59. The number of carboxylic acids is 1.